The van der Waals surface area contributed by atoms with Crippen LogP contribution >= 0.6 is 23.2 Å². The maximum atomic E-state index is 12.5. The number of nitrogens with one attached hydrogen (secondary N) is 1. The second-order valence-electron chi connectivity index (χ2n) is 3.93. The number of nitrogens with two attached hydrogens (primary N) is 1. The van der Waals surface area contributed by atoms with Crippen LogP contribution in [0.25, 0.3) is 0 Å². The standard InChI is InChI=1S/C12H8Cl2F3N3/c13-8-3-6(12(15,16)17)1-2-9(8)19-11-5-7(18)4-10(14)20-11/h1-5H,(H3,18,19,20). The lowest BCUT2D eigenvalue weighted by atomic mass is 10.2. The maximum Gasteiger partial charge on any atom is 0.416 e. The van der Waals surface area contributed by atoms with Crippen molar-refractivity contribution in [1.29, 1.82) is 0 Å². The summed E-state index contributed by atoms with van der Waals surface area (Å²) in [4.78, 5) is 3.94. The molecular weight excluding hydrogens is 314 g/mol. The van der Waals surface area contributed by atoms with Crippen LogP contribution in [-0.4, -0.2) is 4.98 Å². The quantitative estimate of drug-likeness (QED) is 0.786. The van der Waals surface area contributed by atoms with E-state index in [9.17, 15) is 13.2 Å². The second kappa shape index (κ2) is 5.38. The van der Waals surface area contributed by atoms with Gasteiger partial charge in [0.1, 0.15) is 11.0 Å². The van der Waals surface area contributed by atoms with Crippen molar-refractivity contribution < 1.29 is 13.2 Å². The van der Waals surface area contributed by atoms with E-state index in [2.05, 4.69) is 10.3 Å². The molecule has 0 aliphatic carbocycles. The number of anilines is 3. The third-order valence-corrected chi connectivity index (χ3v) is 2.88. The highest BCUT2D eigenvalue weighted by Crippen LogP contribution is 2.34. The van der Waals surface area contributed by atoms with E-state index in [1.807, 2.05) is 0 Å². The second-order valence-corrected chi connectivity index (χ2v) is 4.72. The summed E-state index contributed by atoms with van der Waals surface area (Å²) in [6, 6.07) is 5.89. The number of halogens is 5. The van der Waals surface area contributed by atoms with Crippen molar-refractivity contribution in [2.75, 3.05) is 11.1 Å². The summed E-state index contributed by atoms with van der Waals surface area (Å²) in [5, 5.41) is 2.84. The number of hydrogen-bond donors (Lipinski definition) is 2. The lowest BCUT2D eigenvalue weighted by Gasteiger charge is -2.11. The molecule has 8 heteroatoms. The van der Waals surface area contributed by atoms with Gasteiger partial charge in [0, 0.05) is 11.8 Å². The Hall–Kier alpha value is -1.66. The molecule has 0 radical (unpaired) electrons. The fraction of sp³-hybridized carbons (Fsp3) is 0.0833. The molecule has 2 aromatic rings. The average Bonchev–Trinajstić information content (AvgIpc) is 2.29. The summed E-state index contributed by atoms with van der Waals surface area (Å²) in [7, 11) is 0. The van der Waals surface area contributed by atoms with Crippen molar-refractivity contribution in [3.8, 4) is 0 Å². The first kappa shape index (κ1) is 14.7. The van der Waals surface area contributed by atoms with Gasteiger partial charge < -0.3 is 11.1 Å². The van der Waals surface area contributed by atoms with Crippen LogP contribution in [0.15, 0.2) is 30.3 Å². The van der Waals surface area contributed by atoms with Gasteiger partial charge in [-0.15, -0.1) is 0 Å². The van der Waals surface area contributed by atoms with Crippen molar-refractivity contribution in [2.24, 2.45) is 0 Å². The van der Waals surface area contributed by atoms with Gasteiger partial charge in [-0.1, -0.05) is 23.2 Å². The molecular formula is C12H8Cl2F3N3. The Kier molecular flexibility index (Phi) is 3.96. The first-order chi connectivity index (χ1) is 9.25. The number of hydrogen-bond acceptors (Lipinski definition) is 3. The van der Waals surface area contributed by atoms with Crippen LogP contribution in [0.1, 0.15) is 5.56 Å². The molecule has 106 valence electrons. The number of alkyl halides is 3. The predicted molar refractivity (Wildman–Crippen MR) is 73.4 cm³/mol. The van der Waals surface area contributed by atoms with Crippen LogP contribution < -0.4 is 11.1 Å². The molecule has 0 fully saturated rings. The monoisotopic (exact) mass is 321 g/mol. The van der Waals surface area contributed by atoms with E-state index >= 15 is 0 Å². The van der Waals surface area contributed by atoms with Crippen LogP contribution in [0.3, 0.4) is 0 Å². The van der Waals surface area contributed by atoms with Gasteiger partial charge in [0.05, 0.1) is 16.3 Å². The van der Waals surface area contributed by atoms with Crippen LogP contribution in [0.4, 0.5) is 30.4 Å². The van der Waals surface area contributed by atoms with E-state index in [1.54, 1.807) is 0 Å². The number of aromatic nitrogens is 1. The first-order valence-corrected chi connectivity index (χ1v) is 6.08. The SMILES string of the molecule is Nc1cc(Cl)nc(Nc2ccc(C(F)(F)F)cc2Cl)c1. The summed E-state index contributed by atoms with van der Waals surface area (Å²) >= 11 is 11.5. The third kappa shape index (κ3) is 3.46. The van der Waals surface area contributed by atoms with Crippen molar-refractivity contribution in [1.82, 2.24) is 4.98 Å². The predicted octanol–water partition coefficient (Wildman–Crippen LogP) is 4.73. The Balaban J connectivity index is 2.30. The molecule has 0 unspecified atom stereocenters. The zero-order chi connectivity index (χ0) is 14.9. The molecule has 2 rings (SSSR count). The normalized spacial score (nSPS) is 11.4. The zero-order valence-electron chi connectivity index (χ0n) is 9.80. The molecule has 1 aromatic heterocycles. The fourth-order valence-corrected chi connectivity index (χ4v) is 1.96. The van der Waals surface area contributed by atoms with E-state index in [-0.39, 0.29) is 21.7 Å². The Bertz CT molecular complexity index is 624. The van der Waals surface area contributed by atoms with E-state index in [1.165, 1.54) is 18.2 Å². The van der Waals surface area contributed by atoms with Crippen LogP contribution in [0.2, 0.25) is 10.2 Å². The topological polar surface area (TPSA) is 50.9 Å². The van der Waals surface area contributed by atoms with Gasteiger partial charge in [-0.2, -0.15) is 13.2 Å². The number of nitrogen functional groups attached to an aromatic ring is 1. The Morgan fingerprint density at radius 2 is 1.80 bits per heavy atom. The molecule has 3 N–H and O–H groups in total. The largest absolute Gasteiger partial charge is 0.416 e. The minimum absolute atomic E-state index is 0.0832. The Morgan fingerprint density at radius 1 is 1.10 bits per heavy atom. The van der Waals surface area contributed by atoms with Crippen molar-refractivity contribution in [3.63, 3.8) is 0 Å². The molecule has 20 heavy (non-hydrogen) atoms. The smallest absolute Gasteiger partial charge is 0.399 e. The average molecular weight is 322 g/mol. The number of nitrogens with zero attached hydrogens (tertiary/aromatic N) is 1. The van der Waals surface area contributed by atoms with Crippen LogP contribution in [0, 0.1) is 0 Å². The van der Waals surface area contributed by atoms with Gasteiger partial charge >= 0.3 is 6.18 Å². The van der Waals surface area contributed by atoms with Gasteiger partial charge in [0.15, 0.2) is 0 Å². The molecule has 0 atom stereocenters. The van der Waals surface area contributed by atoms with E-state index < -0.39 is 11.7 Å². The minimum Gasteiger partial charge on any atom is -0.399 e. The zero-order valence-corrected chi connectivity index (χ0v) is 11.3. The molecule has 0 saturated heterocycles. The van der Waals surface area contributed by atoms with Gasteiger partial charge in [0.2, 0.25) is 0 Å². The number of rotatable bonds is 2. The summed E-state index contributed by atoms with van der Waals surface area (Å²) < 4.78 is 37.5. The highest BCUT2D eigenvalue weighted by atomic mass is 35.5. The van der Waals surface area contributed by atoms with Crippen LogP contribution in [0.5, 0.6) is 0 Å². The summed E-state index contributed by atoms with van der Waals surface area (Å²) in [6.07, 6.45) is -4.44. The number of benzene rings is 1. The highest BCUT2D eigenvalue weighted by molar-refractivity contribution is 6.33. The lowest BCUT2D eigenvalue weighted by Crippen LogP contribution is -2.05. The molecule has 0 aliphatic rings. The lowest BCUT2D eigenvalue weighted by molar-refractivity contribution is -0.137. The number of pyridine rings is 1. The minimum atomic E-state index is -4.44. The summed E-state index contributed by atoms with van der Waals surface area (Å²) in [5.74, 6) is 0.289. The third-order valence-electron chi connectivity index (χ3n) is 2.38. The molecule has 0 amide bonds. The molecule has 3 nitrogen and oxygen atoms in total. The van der Waals surface area contributed by atoms with Crippen LogP contribution in [-0.2, 0) is 6.18 Å². The Labute approximate surface area is 122 Å². The van der Waals surface area contributed by atoms with Crippen molar-refractivity contribution in [2.45, 2.75) is 6.18 Å². The fourth-order valence-electron chi connectivity index (χ4n) is 1.51. The molecule has 0 bridgehead atoms. The molecule has 1 aromatic carbocycles. The van der Waals surface area contributed by atoms with E-state index in [0.29, 0.717) is 5.69 Å². The molecule has 1 heterocycles. The van der Waals surface area contributed by atoms with Gasteiger partial charge in [-0.25, -0.2) is 4.98 Å². The first-order valence-electron chi connectivity index (χ1n) is 5.32. The molecule has 0 saturated carbocycles. The van der Waals surface area contributed by atoms with Crippen molar-refractivity contribution in [3.05, 3.63) is 46.1 Å². The van der Waals surface area contributed by atoms with E-state index in [4.69, 9.17) is 28.9 Å². The van der Waals surface area contributed by atoms with Gasteiger partial charge in [0.25, 0.3) is 0 Å². The Morgan fingerprint density at radius 3 is 2.35 bits per heavy atom. The summed E-state index contributed by atoms with van der Waals surface area (Å²) in [5.41, 5.74) is 5.40. The molecule has 0 aliphatic heterocycles. The molecule has 0 spiro atoms. The van der Waals surface area contributed by atoms with Gasteiger partial charge in [-0.3, -0.25) is 0 Å². The van der Waals surface area contributed by atoms with Gasteiger partial charge in [-0.05, 0) is 24.3 Å². The van der Waals surface area contributed by atoms with E-state index in [0.717, 1.165) is 12.1 Å². The maximum absolute atomic E-state index is 12.5. The van der Waals surface area contributed by atoms with Crippen molar-refractivity contribution >= 4 is 40.4 Å². The highest BCUT2D eigenvalue weighted by Gasteiger charge is 2.30. The summed E-state index contributed by atoms with van der Waals surface area (Å²) in [6.45, 7) is 0.